The van der Waals surface area contributed by atoms with Crippen LogP contribution >= 0.6 is 0 Å². The molecule has 1 rings (SSSR count). The van der Waals surface area contributed by atoms with Crippen LogP contribution in [0.2, 0.25) is 0 Å². The highest BCUT2D eigenvalue weighted by atomic mass is 19.5. The van der Waals surface area contributed by atoms with Gasteiger partial charge in [-0.2, -0.15) is 0 Å². The first kappa shape index (κ1) is 13.0. The van der Waals surface area contributed by atoms with Gasteiger partial charge in [0.1, 0.15) is 0 Å². The van der Waals surface area contributed by atoms with E-state index in [1.54, 1.807) is 0 Å². The molecular formula is C5H10BF4N2O2-. The van der Waals surface area contributed by atoms with Gasteiger partial charge in [-0.3, -0.25) is 10.4 Å². The molecule has 0 aliphatic carbocycles. The first-order chi connectivity index (χ1) is 6.25. The largest absolute Gasteiger partial charge is 0.673 e. The van der Waals surface area contributed by atoms with E-state index >= 15 is 0 Å². The molecule has 0 radical (unpaired) electrons. The van der Waals surface area contributed by atoms with Crippen LogP contribution < -0.4 is 0 Å². The molecule has 0 aromatic carbocycles. The quantitative estimate of drug-likeness (QED) is 0.520. The predicted octanol–water partition coefficient (Wildman–Crippen LogP) is 1.89. The van der Waals surface area contributed by atoms with Crippen LogP contribution in [0.4, 0.5) is 17.3 Å². The molecule has 0 bridgehead atoms. The van der Waals surface area contributed by atoms with Crippen LogP contribution in [-0.2, 0) is 0 Å². The van der Waals surface area contributed by atoms with Crippen molar-refractivity contribution in [2.24, 2.45) is 0 Å². The molecule has 0 amide bonds. The molecule has 4 nitrogen and oxygen atoms in total. The molecule has 0 fully saturated rings. The van der Waals surface area contributed by atoms with Crippen molar-refractivity contribution in [2.75, 3.05) is 0 Å². The Morgan fingerprint density at radius 3 is 1.57 bits per heavy atom. The highest BCUT2D eigenvalue weighted by molar-refractivity contribution is 6.50. The van der Waals surface area contributed by atoms with Gasteiger partial charge < -0.3 is 17.3 Å². The van der Waals surface area contributed by atoms with E-state index in [-0.39, 0.29) is 6.17 Å². The molecule has 14 heavy (non-hydrogen) atoms. The van der Waals surface area contributed by atoms with Gasteiger partial charge >= 0.3 is 7.25 Å². The van der Waals surface area contributed by atoms with Crippen LogP contribution in [0.3, 0.4) is 0 Å². The topological polar surface area (TPSA) is 46.9 Å². The zero-order chi connectivity index (χ0) is 11.4. The summed E-state index contributed by atoms with van der Waals surface area (Å²) in [5, 5.41) is 19.8. The van der Waals surface area contributed by atoms with Crippen molar-refractivity contribution in [3.05, 3.63) is 12.4 Å². The average molecular weight is 217 g/mol. The van der Waals surface area contributed by atoms with Gasteiger partial charge in [-0.05, 0) is 6.42 Å². The molecule has 1 heterocycles. The van der Waals surface area contributed by atoms with E-state index in [2.05, 4.69) is 0 Å². The summed E-state index contributed by atoms with van der Waals surface area (Å²) in [6, 6.07) is 0. The number of nitrogens with zero attached hydrogens (tertiary/aromatic N) is 2. The molecule has 84 valence electrons. The summed E-state index contributed by atoms with van der Waals surface area (Å²) in [6.45, 7) is 1.88. The lowest BCUT2D eigenvalue weighted by molar-refractivity contribution is -0.184. The van der Waals surface area contributed by atoms with Crippen molar-refractivity contribution in [2.45, 2.75) is 19.5 Å². The number of halogens is 4. The molecule has 0 unspecified atom stereocenters. The minimum Gasteiger partial charge on any atom is -0.418 e. The van der Waals surface area contributed by atoms with Gasteiger partial charge in [0, 0.05) is 12.4 Å². The average Bonchev–Trinajstić information content (AvgIpc) is 2.27. The Morgan fingerprint density at radius 1 is 1.14 bits per heavy atom. The van der Waals surface area contributed by atoms with Crippen LogP contribution in [-0.4, -0.2) is 34.0 Å². The lowest BCUT2D eigenvalue weighted by Gasteiger charge is -2.21. The molecule has 0 aromatic rings. The standard InChI is InChI=1S/C5H10N2O2.BF4/c1-2-5-6(8)3-4-7(5)9;2-1(3,4)5/h3-5,8-9H,2H2,1H3;/q;-1. The fourth-order valence-electron chi connectivity index (χ4n) is 0.831. The van der Waals surface area contributed by atoms with Crippen LogP contribution in [0.25, 0.3) is 0 Å². The molecule has 0 saturated heterocycles. The third-order valence-corrected chi connectivity index (χ3v) is 1.35. The molecule has 0 atom stereocenters. The molecule has 2 N–H and O–H groups in total. The third-order valence-electron chi connectivity index (χ3n) is 1.35. The Kier molecular flexibility index (Phi) is 4.71. The van der Waals surface area contributed by atoms with Crippen molar-refractivity contribution in [1.82, 2.24) is 10.1 Å². The molecule has 0 saturated carbocycles. The highest BCUT2D eigenvalue weighted by Crippen LogP contribution is 2.12. The molecule has 1 aliphatic rings. The second kappa shape index (κ2) is 5.06. The van der Waals surface area contributed by atoms with Gasteiger partial charge in [-0.25, -0.2) is 10.1 Å². The minimum atomic E-state index is -6.00. The van der Waals surface area contributed by atoms with Crippen LogP contribution in [0.5, 0.6) is 0 Å². The van der Waals surface area contributed by atoms with E-state index in [0.29, 0.717) is 6.42 Å². The summed E-state index contributed by atoms with van der Waals surface area (Å²) in [6.07, 6.45) is 3.20. The summed E-state index contributed by atoms with van der Waals surface area (Å²) in [4.78, 5) is 0. The highest BCUT2D eigenvalue weighted by Gasteiger charge is 2.21. The number of hydrogen-bond donors (Lipinski definition) is 2. The van der Waals surface area contributed by atoms with Crippen molar-refractivity contribution in [3.8, 4) is 0 Å². The smallest absolute Gasteiger partial charge is 0.418 e. The van der Waals surface area contributed by atoms with Crippen molar-refractivity contribution in [1.29, 1.82) is 0 Å². The first-order valence-corrected chi connectivity index (χ1v) is 3.75. The lowest BCUT2D eigenvalue weighted by Crippen LogP contribution is -2.33. The maximum atomic E-state index is 9.75. The maximum Gasteiger partial charge on any atom is 0.673 e. The normalized spacial score (nSPS) is 17.1. The van der Waals surface area contributed by atoms with Crippen molar-refractivity contribution >= 4 is 7.25 Å². The zero-order valence-electron chi connectivity index (χ0n) is 7.32. The number of hydroxylamine groups is 4. The molecule has 0 aromatic heterocycles. The van der Waals surface area contributed by atoms with E-state index in [1.807, 2.05) is 6.92 Å². The van der Waals surface area contributed by atoms with E-state index in [4.69, 9.17) is 10.4 Å². The van der Waals surface area contributed by atoms with Crippen LogP contribution in [0.1, 0.15) is 13.3 Å². The van der Waals surface area contributed by atoms with E-state index in [9.17, 15) is 17.3 Å². The number of rotatable bonds is 1. The first-order valence-electron chi connectivity index (χ1n) is 3.75. The lowest BCUT2D eigenvalue weighted by atomic mass is 10.3. The second-order valence-electron chi connectivity index (χ2n) is 2.44. The molecular weight excluding hydrogens is 207 g/mol. The Balaban J connectivity index is 0.000000292. The maximum absolute atomic E-state index is 9.75. The third kappa shape index (κ3) is 5.65. The van der Waals surface area contributed by atoms with Gasteiger partial charge in [0.15, 0.2) is 6.17 Å². The summed E-state index contributed by atoms with van der Waals surface area (Å²) >= 11 is 0. The second-order valence-corrected chi connectivity index (χ2v) is 2.44. The Labute approximate surface area is 78.0 Å². The van der Waals surface area contributed by atoms with Gasteiger partial charge in [0.05, 0.1) is 0 Å². The van der Waals surface area contributed by atoms with Crippen LogP contribution in [0.15, 0.2) is 12.4 Å². The van der Waals surface area contributed by atoms with E-state index < -0.39 is 7.25 Å². The number of hydrogen-bond acceptors (Lipinski definition) is 4. The van der Waals surface area contributed by atoms with Crippen molar-refractivity contribution in [3.63, 3.8) is 0 Å². The summed E-state index contributed by atoms with van der Waals surface area (Å²) < 4.78 is 39.0. The summed E-state index contributed by atoms with van der Waals surface area (Å²) in [5.41, 5.74) is 0. The van der Waals surface area contributed by atoms with E-state index in [1.165, 1.54) is 12.4 Å². The summed E-state index contributed by atoms with van der Waals surface area (Å²) in [7, 11) is -6.00. The zero-order valence-corrected chi connectivity index (χ0v) is 7.32. The van der Waals surface area contributed by atoms with Gasteiger partial charge in [0.2, 0.25) is 0 Å². The SMILES string of the molecule is CCC1N(O)C=CN1O.F[B-](F)(F)F. The fraction of sp³-hybridized carbons (Fsp3) is 0.600. The molecule has 1 aliphatic heterocycles. The Bertz CT molecular complexity index is 183. The van der Waals surface area contributed by atoms with Gasteiger partial charge in [-0.1, -0.05) is 6.92 Å². The minimum absolute atomic E-state index is 0.301. The van der Waals surface area contributed by atoms with Gasteiger partial charge in [-0.15, -0.1) is 0 Å². The molecule has 0 spiro atoms. The molecule has 9 heteroatoms. The van der Waals surface area contributed by atoms with Gasteiger partial charge in [0.25, 0.3) is 0 Å². The predicted molar refractivity (Wildman–Crippen MR) is 40.7 cm³/mol. The van der Waals surface area contributed by atoms with Crippen LogP contribution in [0, 0.1) is 0 Å². The van der Waals surface area contributed by atoms with Crippen molar-refractivity contribution < 1.29 is 27.7 Å². The monoisotopic (exact) mass is 217 g/mol. The fourth-order valence-corrected chi connectivity index (χ4v) is 0.831. The Morgan fingerprint density at radius 2 is 1.43 bits per heavy atom. The Hall–Kier alpha value is -0.955. The van der Waals surface area contributed by atoms with E-state index in [0.717, 1.165) is 10.1 Å². The summed E-state index contributed by atoms with van der Waals surface area (Å²) in [5.74, 6) is 0.